The molecule has 0 unspecified atom stereocenters. The lowest BCUT2D eigenvalue weighted by atomic mass is 9.96. The van der Waals surface area contributed by atoms with E-state index in [9.17, 15) is 4.79 Å². The van der Waals surface area contributed by atoms with Crippen LogP contribution in [-0.4, -0.2) is 43.6 Å². The Morgan fingerprint density at radius 3 is 3.00 bits per heavy atom. The highest BCUT2D eigenvalue weighted by atomic mass is 16.3. The highest BCUT2D eigenvalue weighted by Crippen LogP contribution is 2.33. The Morgan fingerprint density at radius 1 is 1.32 bits per heavy atom. The van der Waals surface area contributed by atoms with Gasteiger partial charge in [0.05, 0.1) is 0 Å². The van der Waals surface area contributed by atoms with Crippen LogP contribution in [0.4, 0.5) is 0 Å². The molecule has 1 saturated heterocycles. The van der Waals surface area contributed by atoms with Gasteiger partial charge in [0.2, 0.25) is 0 Å². The smallest absolute Gasteiger partial charge is 0.274 e. The van der Waals surface area contributed by atoms with E-state index < -0.39 is 0 Å². The molecule has 5 rings (SSSR count). The van der Waals surface area contributed by atoms with Gasteiger partial charge in [-0.1, -0.05) is 0 Å². The number of piperidine rings is 1. The molecule has 1 aliphatic heterocycles. The van der Waals surface area contributed by atoms with Crippen LogP contribution in [0.1, 0.15) is 53.7 Å². The summed E-state index contributed by atoms with van der Waals surface area (Å²) in [7, 11) is 0. The largest absolute Gasteiger partial charge is 0.460 e. The van der Waals surface area contributed by atoms with Gasteiger partial charge in [0.15, 0.2) is 11.5 Å². The number of aromatic nitrogens is 4. The third-order valence-corrected chi connectivity index (χ3v) is 5.78. The first-order chi connectivity index (χ1) is 13.7. The van der Waals surface area contributed by atoms with E-state index in [1.54, 1.807) is 6.07 Å². The molecule has 1 aliphatic carbocycles. The Morgan fingerprint density at radius 2 is 2.21 bits per heavy atom. The SMILES string of the molecule is Cc1ccc(-c2cc(C(=O)N3CCC[C@H](c4nccn4CC4CC4)C3)n[nH]2)o1. The highest BCUT2D eigenvalue weighted by Gasteiger charge is 2.30. The second-order valence-corrected chi connectivity index (χ2v) is 8.05. The van der Waals surface area contributed by atoms with Crippen molar-refractivity contribution in [1.82, 2.24) is 24.6 Å². The Bertz CT molecular complexity index is 981. The fourth-order valence-corrected chi connectivity index (χ4v) is 4.08. The molecule has 3 aromatic rings. The number of likely N-dealkylation sites (tertiary alicyclic amines) is 1. The van der Waals surface area contributed by atoms with Crippen LogP contribution in [0.25, 0.3) is 11.5 Å². The number of carbonyl (C=O) groups is 1. The van der Waals surface area contributed by atoms with Crippen LogP contribution in [0, 0.1) is 12.8 Å². The van der Waals surface area contributed by atoms with Crippen molar-refractivity contribution in [2.24, 2.45) is 5.92 Å². The van der Waals surface area contributed by atoms with E-state index >= 15 is 0 Å². The van der Waals surface area contributed by atoms with Gasteiger partial charge >= 0.3 is 0 Å². The van der Waals surface area contributed by atoms with E-state index in [0.717, 1.165) is 49.1 Å². The number of nitrogens with one attached hydrogen (secondary N) is 1. The van der Waals surface area contributed by atoms with Crippen molar-refractivity contribution in [3.63, 3.8) is 0 Å². The van der Waals surface area contributed by atoms with Gasteiger partial charge in [-0.15, -0.1) is 0 Å². The van der Waals surface area contributed by atoms with Crippen molar-refractivity contribution in [1.29, 1.82) is 0 Å². The maximum Gasteiger partial charge on any atom is 0.274 e. The van der Waals surface area contributed by atoms with Crippen LogP contribution in [-0.2, 0) is 6.54 Å². The summed E-state index contributed by atoms with van der Waals surface area (Å²) in [5.74, 6) is 3.72. The van der Waals surface area contributed by atoms with E-state index in [-0.39, 0.29) is 11.8 Å². The Hall–Kier alpha value is -2.83. The molecule has 7 nitrogen and oxygen atoms in total. The molecule has 28 heavy (non-hydrogen) atoms. The second-order valence-electron chi connectivity index (χ2n) is 8.05. The van der Waals surface area contributed by atoms with Crippen LogP contribution in [0.5, 0.6) is 0 Å². The van der Waals surface area contributed by atoms with Gasteiger partial charge in [0.1, 0.15) is 17.3 Å². The molecule has 3 aromatic heterocycles. The monoisotopic (exact) mass is 379 g/mol. The fourth-order valence-electron chi connectivity index (χ4n) is 4.08. The van der Waals surface area contributed by atoms with Crippen molar-refractivity contribution >= 4 is 5.91 Å². The summed E-state index contributed by atoms with van der Waals surface area (Å²) in [5, 5.41) is 7.16. The second kappa shape index (κ2) is 6.96. The number of aryl methyl sites for hydroxylation is 1. The molecule has 7 heteroatoms. The Labute approximate surface area is 163 Å². The van der Waals surface area contributed by atoms with Crippen LogP contribution < -0.4 is 0 Å². The number of hydrogen-bond donors (Lipinski definition) is 1. The third-order valence-electron chi connectivity index (χ3n) is 5.78. The molecule has 1 amide bonds. The van der Waals surface area contributed by atoms with E-state index in [4.69, 9.17) is 4.42 Å². The van der Waals surface area contributed by atoms with Crippen molar-refractivity contribution in [3.05, 3.63) is 47.9 Å². The number of carbonyl (C=O) groups excluding carboxylic acids is 1. The van der Waals surface area contributed by atoms with Crippen molar-refractivity contribution in [2.45, 2.75) is 45.1 Å². The summed E-state index contributed by atoms with van der Waals surface area (Å²) in [5.41, 5.74) is 1.16. The molecule has 0 aromatic carbocycles. The molecule has 0 bridgehead atoms. The first-order valence-corrected chi connectivity index (χ1v) is 10.1. The zero-order valence-electron chi connectivity index (χ0n) is 16.1. The number of nitrogens with zero attached hydrogens (tertiary/aromatic N) is 4. The topological polar surface area (TPSA) is 80.0 Å². The minimum absolute atomic E-state index is 0.0317. The molecular formula is C21H25N5O2. The molecule has 1 saturated carbocycles. The van der Waals surface area contributed by atoms with Gasteiger partial charge in [0.25, 0.3) is 5.91 Å². The highest BCUT2D eigenvalue weighted by molar-refractivity contribution is 5.93. The summed E-state index contributed by atoms with van der Waals surface area (Å²) in [4.78, 5) is 19.6. The maximum absolute atomic E-state index is 13.0. The minimum Gasteiger partial charge on any atom is -0.460 e. The first kappa shape index (κ1) is 17.3. The predicted molar refractivity (Wildman–Crippen MR) is 104 cm³/mol. The standard InChI is InChI=1S/C21H25N5O2/c1-14-4-7-19(28-14)17-11-18(24-23-17)21(27)26-9-2-3-16(13-26)20-22-8-10-25(20)12-15-5-6-15/h4,7-8,10-11,15-16H,2-3,5-6,9,12-13H2,1H3,(H,23,24)/t16-/m0/s1. The lowest BCUT2D eigenvalue weighted by molar-refractivity contribution is 0.0697. The van der Waals surface area contributed by atoms with Crippen molar-refractivity contribution in [3.8, 4) is 11.5 Å². The molecule has 2 fully saturated rings. The number of rotatable bonds is 5. The summed E-state index contributed by atoms with van der Waals surface area (Å²) >= 11 is 0. The summed E-state index contributed by atoms with van der Waals surface area (Å²) in [6, 6.07) is 5.56. The van der Waals surface area contributed by atoms with E-state index in [1.165, 1.54) is 12.8 Å². The summed E-state index contributed by atoms with van der Waals surface area (Å²) < 4.78 is 7.91. The van der Waals surface area contributed by atoms with Crippen LogP contribution in [0.2, 0.25) is 0 Å². The van der Waals surface area contributed by atoms with E-state index in [1.807, 2.05) is 30.2 Å². The number of hydrogen-bond acceptors (Lipinski definition) is 4. The van der Waals surface area contributed by atoms with Crippen LogP contribution in [0.3, 0.4) is 0 Å². The maximum atomic E-state index is 13.0. The zero-order valence-corrected chi connectivity index (χ0v) is 16.1. The van der Waals surface area contributed by atoms with Gasteiger partial charge in [0, 0.05) is 44.0 Å². The van der Waals surface area contributed by atoms with Crippen LogP contribution >= 0.6 is 0 Å². The number of amides is 1. The van der Waals surface area contributed by atoms with Crippen molar-refractivity contribution < 1.29 is 9.21 Å². The predicted octanol–water partition coefficient (Wildman–Crippen LogP) is 3.60. The average molecular weight is 379 g/mol. The normalized spacial score (nSPS) is 19.9. The third kappa shape index (κ3) is 3.37. The zero-order chi connectivity index (χ0) is 19.1. The molecule has 4 heterocycles. The molecule has 1 N–H and O–H groups in total. The van der Waals surface area contributed by atoms with E-state index in [0.29, 0.717) is 18.0 Å². The van der Waals surface area contributed by atoms with Gasteiger partial charge in [-0.25, -0.2) is 4.98 Å². The number of H-pyrrole nitrogens is 1. The number of aromatic amines is 1. The molecule has 1 atom stereocenters. The Balaban J connectivity index is 1.30. The quantitative estimate of drug-likeness (QED) is 0.734. The van der Waals surface area contributed by atoms with Gasteiger partial charge < -0.3 is 13.9 Å². The molecule has 2 aliphatic rings. The Kier molecular flexibility index (Phi) is 4.30. The van der Waals surface area contributed by atoms with Gasteiger partial charge in [-0.05, 0) is 50.7 Å². The molecule has 0 spiro atoms. The van der Waals surface area contributed by atoms with Gasteiger partial charge in [-0.3, -0.25) is 9.89 Å². The molecule has 0 radical (unpaired) electrons. The summed E-state index contributed by atoms with van der Waals surface area (Å²) in [6.07, 6.45) is 8.68. The van der Waals surface area contributed by atoms with E-state index in [2.05, 4.69) is 25.9 Å². The fraction of sp³-hybridized carbons (Fsp3) is 0.476. The lowest BCUT2D eigenvalue weighted by Gasteiger charge is -2.32. The molecule has 146 valence electrons. The number of furan rings is 1. The average Bonchev–Trinajstić information content (AvgIpc) is 3.10. The number of imidazole rings is 1. The summed E-state index contributed by atoms with van der Waals surface area (Å²) in [6.45, 7) is 4.42. The first-order valence-electron chi connectivity index (χ1n) is 10.1. The van der Waals surface area contributed by atoms with Gasteiger partial charge in [-0.2, -0.15) is 5.10 Å². The molecular weight excluding hydrogens is 354 g/mol. The lowest BCUT2D eigenvalue weighted by Crippen LogP contribution is -2.40. The van der Waals surface area contributed by atoms with Crippen LogP contribution in [0.15, 0.2) is 35.0 Å². The minimum atomic E-state index is -0.0317. The van der Waals surface area contributed by atoms with Crippen molar-refractivity contribution in [2.75, 3.05) is 13.1 Å².